The van der Waals surface area contributed by atoms with Crippen molar-refractivity contribution in [1.29, 1.82) is 0 Å². The van der Waals surface area contributed by atoms with Gasteiger partial charge in [0, 0.05) is 37.6 Å². The third-order valence-electron chi connectivity index (χ3n) is 4.14. The van der Waals surface area contributed by atoms with Crippen LogP contribution in [-0.4, -0.2) is 39.4 Å². The fourth-order valence-corrected chi connectivity index (χ4v) is 2.98. The molecule has 1 atom stereocenters. The second-order valence-electron chi connectivity index (χ2n) is 5.65. The number of ether oxygens (including phenoxy) is 1. The molecule has 114 valence electrons. The highest BCUT2D eigenvalue weighted by Crippen LogP contribution is 2.25. The number of rotatable bonds is 3. The lowest BCUT2D eigenvalue weighted by atomic mass is 10.1. The monoisotopic (exact) mass is 298 g/mol. The fourth-order valence-electron chi connectivity index (χ4n) is 2.98. The Morgan fingerprint density at radius 3 is 3.09 bits per heavy atom. The molecule has 1 fully saturated rings. The highest BCUT2D eigenvalue weighted by molar-refractivity contribution is 5.80. The highest BCUT2D eigenvalue weighted by atomic mass is 16.5. The van der Waals surface area contributed by atoms with E-state index in [-0.39, 0.29) is 6.10 Å². The molecular formula is C16H18N4O2. The van der Waals surface area contributed by atoms with Crippen LogP contribution in [0.1, 0.15) is 17.5 Å². The molecule has 1 saturated heterocycles. The largest absolute Gasteiger partial charge is 0.464 e. The Balaban J connectivity index is 1.52. The van der Waals surface area contributed by atoms with E-state index in [1.165, 1.54) is 10.9 Å². The molecule has 3 heterocycles. The number of para-hydroxylation sites is 1. The molecule has 0 unspecified atom stereocenters. The van der Waals surface area contributed by atoms with Crippen LogP contribution in [0.3, 0.4) is 0 Å². The van der Waals surface area contributed by atoms with Crippen molar-refractivity contribution in [1.82, 2.24) is 19.7 Å². The van der Waals surface area contributed by atoms with E-state index < -0.39 is 0 Å². The lowest BCUT2D eigenvalue weighted by molar-refractivity contribution is -0.0385. The van der Waals surface area contributed by atoms with Gasteiger partial charge in [0.05, 0.1) is 12.9 Å². The lowest BCUT2D eigenvalue weighted by Gasteiger charge is -2.32. The van der Waals surface area contributed by atoms with Gasteiger partial charge in [-0.3, -0.25) is 4.90 Å². The third-order valence-corrected chi connectivity index (χ3v) is 4.14. The highest BCUT2D eigenvalue weighted by Gasteiger charge is 2.26. The number of furan rings is 1. The number of fused-ring (bicyclic) bond motifs is 1. The number of aromatic nitrogens is 3. The summed E-state index contributed by atoms with van der Waals surface area (Å²) in [5, 5.41) is 9.29. The van der Waals surface area contributed by atoms with Crippen molar-refractivity contribution in [3.63, 3.8) is 0 Å². The molecule has 0 aliphatic carbocycles. The molecule has 1 aliphatic heterocycles. The second-order valence-corrected chi connectivity index (χ2v) is 5.65. The molecule has 0 N–H and O–H groups in total. The Kier molecular flexibility index (Phi) is 3.40. The van der Waals surface area contributed by atoms with Crippen molar-refractivity contribution in [2.45, 2.75) is 12.6 Å². The minimum absolute atomic E-state index is 0.0283. The maximum Gasteiger partial charge on any atom is 0.163 e. The molecule has 4 rings (SSSR count). The van der Waals surface area contributed by atoms with E-state index in [1.807, 2.05) is 36.1 Å². The summed E-state index contributed by atoms with van der Waals surface area (Å²) in [6.45, 7) is 3.28. The average Bonchev–Trinajstić information content (AvgIpc) is 3.15. The standard InChI is InChI=1S/C16H18N4O2/c1-19-11-17-18-16(19)15-9-20(6-7-21-15)8-12-10-22-14-5-3-2-4-13(12)14/h2-5,10-11,15H,6-9H2,1H3/t15-/m1/s1. The van der Waals surface area contributed by atoms with E-state index in [2.05, 4.69) is 21.2 Å². The molecule has 22 heavy (non-hydrogen) atoms. The van der Waals surface area contributed by atoms with Crippen molar-refractivity contribution in [3.8, 4) is 0 Å². The van der Waals surface area contributed by atoms with E-state index in [4.69, 9.17) is 9.15 Å². The van der Waals surface area contributed by atoms with Gasteiger partial charge in [-0.25, -0.2) is 0 Å². The second kappa shape index (κ2) is 5.55. The summed E-state index contributed by atoms with van der Waals surface area (Å²) in [7, 11) is 1.95. The summed E-state index contributed by atoms with van der Waals surface area (Å²) in [6, 6.07) is 8.15. The quantitative estimate of drug-likeness (QED) is 0.741. The molecule has 3 aromatic rings. The van der Waals surface area contributed by atoms with Crippen molar-refractivity contribution in [3.05, 3.63) is 48.2 Å². The van der Waals surface area contributed by atoms with Gasteiger partial charge >= 0.3 is 0 Å². The van der Waals surface area contributed by atoms with Crippen LogP contribution in [0.15, 0.2) is 41.3 Å². The third kappa shape index (κ3) is 2.40. The zero-order valence-electron chi connectivity index (χ0n) is 12.5. The first-order valence-corrected chi connectivity index (χ1v) is 7.44. The minimum atomic E-state index is -0.0283. The van der Waals surface area contributed by atoms with Crippen LogP contribution < -0.4 is 0 Å². The Hall–Kier alpha value is -2.18. The van der Waals surface area contributed by atoms with Crippen molar-refractivity contribution in [2.75, 3.05) is 19.7 Å². The van der Waals surface area contributed by atoms with Crippen LogP contribution in [0.5, 0.6) is 0 Å². The lowest BCUT2D eigenvalue weighted by Crippen LogP contribution is -2.38. The van der Waals surface area contributed by atoms with Gasteiger partial charge in [0.15, 0.2) is 5.82 Å². The van der Waals surface area contributed by atoms with Gasteiger partial charge in [-0.2, -0.15) is 0 Å². The van der Waals surface area contributed by atoms with Crippen molar-refractivity contribution >= 4 is 11.0 Å². The van der Waals surface area contributed by atoms with E-state index in [0.29, 0.717) is 6.61 Å². The first kappa shape index (κ1) is 13.5. The van der Waals surface area contributed by atoms with Gasteiger partial charge in [-0.15, -0.1) is 10.2 Å². The van der Waals surface area contributed by atoms with Gasteiger partial charge in [0.2, 0.25) is 0 Å². The molecule has 2 aromatic heterocycles. The summed E-state index contributed by atoms with van der Waals surface area (Å²) < 4.78 is 13.4. The van der Waals surface area contributed by atoms with Crippen LogP contribution >= 0.6 is 0 Å². The molecule has 1 aromatic carbocycles. The Morgan fingerprint density at radius 2 is 2.23 bits per heavy atom. The first-order chi connectivity index (χ1) is 10.8. The summed E-state index contributed by atoms with van der Waals surface area (Å²) in [4.78, 5) is 2.38. The Morgan fingerprint density at radius 1 is 1.32 bits per heavy atom. The number of benzene rings is 1. The zero-order chi connectivity index (χ0) is 14.9. The zero-order valence-corrected chi connectivity index (χ0v) is 12.5. The summed E-state index contributed by atoms with van der Waals surface area (Å²) >= 11 is 0. The summed E-state index contributed by atoms with van der Waals surface area (Å²) in [5.74, 6) is 0.877. The summed E-state index contributed by atoms with van der Waals surface area (Å²) in [6.07, 6.45) is 3.54. The number of hydrogen-bond donors (Lipinski definition) is 0. The van der Waals surface area contributed by atoms with Crippen LogP contribution in [0.4, 0.5) is 0 Å². The van der Waals surface area contributed by atoms with Crippen molar-refractivity contribution in [2.24, 2.45) is 7.05 Å². The van der Waals surface area contributed by atoms with Gasteiger partial charge in [-0.05, 0) is 6.07 Å². The van der Waals surface area contributed by atoms with E-state index in [0.717, 1.165) is 31.0 Å². The van der Waals surface area contributed by atoms with E-state index >= 15 is 0 Å². The molecular weight excluding hydrogens is 280 g/mol. The van der Waals surface area contributed by atoms with Gasteiger partial charge in [0.1, 0.15) is 18.0 Å². The van der Waals surface area contributed by atoms with E-state index in [9.17, 15) is 0 Å². The molecule has 6 heteroatoms. The van der Waals surface area contributed by atoms with Crippen LogP contribution in [0.2, 0.25) is 0 Å². The molecule has 0 saturated carbocycles. The number of aryl methyl sites for hydroxylation is 1. The molecule has 0 bridgehead atoms. The van der Waals surface area contributed by atoms with Gasteiger partial charge in [-0.1, -0.05) is 18.2 Å². The normalized spacial score (nSPS) is 19.8. The fraction of sp³-hybridized carbons (Fsp3) is 0.375. The Labute approximate surface area is 128 Å². The molecule has 0 spiro atoms. The Bertz CT molecular complexity index is 779. The molecule has 0 radical (unpaired) electrons. The predicted octanol–water partition coefficient (Wildman–Crippen LogP) is 2.13. The first-order valence-electron chi connectivity index (χ1n) is 7.44. The maximum atomic E-state index is 5.85. The molecule has 6 nitrogen and oxygen atoms in total. The van der Waals surface area contributed by atoms with E-state index in [1.54, 1.807) is 6.33 Å². The van der Waals surface area contributed by atoms with Crippen molar-refractivity contribution < 1.29 is 9.15 Å². The maximum absolute atomic E-state index is 5.85. The average molecular weight is 298 g/mol. The topological polar surface area (TPSA) is 56.3 Å². The van der Waals surface area contributed by atoms with Gasteiger partial charge < -0.3 is 13.7 Å². The number of nitrogens with zero attached hydrogens (tertiary/aromatic N) is 4. The van der Waals surface area contributed by atoms with Gasteiger partial charge in [0.25, 0.3) is 0 Å². The summed E-state index contributed by atoms with van der Waals surface area (Å²) in [5.41, 5.74) is 2.16. The number of hydrogen-bond acceptors (Lipinski definition) is 5. The minimum Gasteiger partial charge on any atom is -0.464 e. The molecule has 1 aliphatic rings. The predicted molar refractivity (Wildman–Crippen MR) is 81.2 cm³/mol. The smallest absolute Gasteiger partial charge is 0.163 e. The SMILES string of the molecule is Cn1cnnc1[C@H]1CN(Cc2coc3ccccc23)CCO1. The molecule has 0 amide bonds. The van der Waals surface area contributed by atoms with Crippen LogP contribution in [0, 0.1) is 0 Å². The van der Waals surface area contributed by atoms with Crippen LogP contribution in [0.25, 0.3) is 11.0 Å². The van der Waals surface area contributed by atoms with Crippen LogP contribution in [-0.2, 0) is 18.3 Å². The number of morpholine rings is 1.